The highest BCUT2D eigenvalue weighted by Crippen LogP contribution is 2.03. The first-order valence-corrected chi connectivity index (χ1v) is 8.12. The first-order chi connectivity index (χ1) is 9.74. The van der Waals surface area contributed by atoms with E-state index in [0.29, 0.717) is 11.7 Å². The molecule has 1 saturated heterocycles. The van der Waals surface area contributed by atoms with Gasteiger partial charge in [0, 0.05) is 17.2 Å². The lowest BCUT2D eigenvalue weighted by atomic mass is 10.3. The van der Waals surface area contributed by atoms with E-state index in [1.807, 2.05) is 42.1 Å². The van der Waals surface area contributed by atoms with Gasteiger partial charge >= 0.3 is 0 Å². The number of para-hydroxylation sites is 1. The molecular formula is C13H19N4OS2+. The Hall–Kier alpha value is -1.31. The smallest absolute Gasteiger partial charge is 0.293 e. The van der Waals surface area contributed by atoms with Crippen LogP contribution in [0.3, 0.4) is 0 Å². The van der Waals surface area contributed by atoms with Crippen LogP contribution < -0.4 is 21.1 Å². The normalized spacial score (nSPS) is 15.4. The number of carbonyl (C=O) groups is 1. The summed E-state index contributed by atoms with van der Waals surface area (Å²) < 4.78 is 0. The highest BCUT2D eigenvalue weighted by atomic mass is 32.2. The van der Waals surface area contributed by atoms with E-state index in [1.54, 1.807) is 0 Å². The number of rotatable bonds is 3. The zero-order valence-corrected chi connectivity index (χ0v) is 12.8. The van der Waals surface area contributed by atoms with Gasteiger partial charge < -0.3 is 10.2 Å². The molecule has 1 aromatic rings. The van der Waals surface area contributed by atoms with Crippen LogP contribution in [0, 0.1) is 0 Å². The molecule has 0 spiro atoms. The molecule has 0 saturated carbocycles. The molecule has 0 bridgehead atoms. The number of amides is 1. The summed E-state index contributed by atoms with van der Waals surface area (Å²) in [6.07, 6.45) is 0. The molecule has 1 aliphatic rings. The van der Waals surface area contributed by atoms with Crippen LogP contribution in [0.15, 0.2) is 30.3 Å². The Morgan fingerprint density at radius 3 is 2.60 bits per heavy atom. The van der Waals surface area contributed by atoms with Crippen LogP contribution in [0.4, 0.5) is 5.69 Å². The number of thiocarbonyl (C=S) groups is 1. The topological polar surface area (TPSA) is 57.6 Å². The van der Waals surface area contributed by atoms with E-state index in [0.717, 1.165) is 30.3 Å². The Bertz CT molecular complexity index is 449. The van der Waals surface area contributed by atoms with Crippen molar-refractivity contribution in [3.63, 3.8) is 0 Å². The van der Waals surface area contributed by atoms with Crippen molar-refractivity contribution in [2.45, 2.75) is 0 Å². The van der Waals surface area contributed by atoms with Gasteiger partial charge in [-0.1, -0.05) is 18.2 Å². The number of anilines is 1. The van der Waals surface area contributed by atoms with Crippen molar-refractivity contribution in [1.29, 1.82) is 0 Å². The van der Waals surface area contributed by atoms with E-state index in [9.17, 15) is 4.79 Å². The molecule has 1 heterocycles. The maximum atomic E-state index is 11.8. The van der Waals surface area contributed by atoms with Crippen LogP contribution in [-0.2, 0) is 4.79 Å². The lowest BCUT2D eigenvalue weighted by Gasteiger charge is -2.22. The minimum Gasteiger partial charge on any atom is -0.331 e. The molecular weight excluding hydrogens is 292 g/mol. The predicted molar refractivity (Wildman–Crippen MR) is 86.8 cm³/mol. The van der Waals surface area contributed by atoms with Gasteiger partial charge in [-0.2, -0.15) is 11.8 Å². The summed E-state index contributed by atoms with van der Waals surface area (Å²) in [5.41, 5.74) is 6.24. The fourth-order valence-electron chi connectivity index (χ4n) is 1.92. The average Bonchev–Trinajstić information content (AvgIpc) is 2.47. The average molecular weight is 311 g/mol. The highest BCUT2D eigenvalue weighted by molar-refractivity contribution is 7.99. The number of quaternary nitrogens is 1. The van der Waals surface area contributed by atoms with Gasteiger partial charge in [0.25, 0.3) is 5.91 Å². The Labute approximate surface area is 128 Å². The van der Waals surface area contributed by atoms with E-state index in [-0.39, 0.29) is 5.91 Å². The molecule has 5 nitrogen and oxygen atoms in total. The van der Waals surface area contributed by atoms with E-state index >= 15 is 0 Å². The molecule has 0 aliphatic carbocycles. The van der Waals surface area contributed by atoms with E-state index in [2.05, 4.69) is 16.2 Å². The standard InChI is InChI=1S/C13H18N4OS2/c18-12(10-17-6-8-20-9-7-17)15-16-13(19)14-11-4-2-1-3-5-11/h1-5H,6-10H2,(H,15,18)(H2,14,16,19)/p+1. The summed E-state index contributed by atoms with van der Waals surface area (Å²) in [4.78, 5) is 13.1. The lowest BCUT2D eigenvalue weighted by molar-refractivity contribution is -0.888. The van der Waals surface area contributed by atoms with E-state index in [4.69, 9.17) is 12.2 Å². The minimum absolute atomic E-state index is 0.0379. The predicted octanol–water partition coefficient (Wildman–Crippen LogP) is -0.364. The summed E-state index contributed by atoms with van der Waals surface area (Å²) in [5, 5.41) is 3.38. The van der Waals surface area contributed by atoms with Crippen molar-refractivity contribution >= 4 is 40.7 Å². The van der Waals surface area contributed by atoms with Crippen LogP contribution >= 0.6 is 24.0 Å². The number of hydrazine groups is 1. The number of thioether (sulfide) groups is 1. The highest BCUT2D eigenvalue weighted by Gasteiger charge is 2.17. The lowest BCUT2D eigenvalue weighted by Crippen LogP contribution is -3.14. The van der Waals surface area contributed by atoms with Gasteiger partial charge in [0.1, 0.15) is 0 Å². The summed E-state index contributed by atoms with van der Waals surface area (Å²) >= 11 is 7.06. The quantitative estimate of drug-likeness (QED) is 0.454. The number of hydrogen-bond acceptors (Lipinski definition) is 3. The van der Waals surface area contributed by atoms with Crippen molar-refractivity contribution in [3.8, 4) is 0 Å². The fourth-order valence-corrected chi connectivity index (χ4v) is 3.16. The molecule has 7 heteroatoms. The molecule has 0 unspecified atom stereocenters. The van der Waals surface area contributed by atoms with Gasteiger partial charge in [0.15, 0.2) is 11.7 Å². The molecule has 0 aromatic heterocycles. The summed E-state index contributed by atoms with van der Waals surface area (Å²) in [6.45, 7) is 2.58. The molecule has 0 radical (unpaired) electrons. The van der Waals surface area contributed by atoms with Gasteiger partial charge in [0.05, 0.1) is 13.1 Å². The third-order valence-corrected chi connectivity index (χ3v) is 4.15. The second-order valence-corrected chi connectivity index (χ2v) is 6.17. The number of hydrogen-bond donors (Lipinski definition) is 4. The zero-order chi connectivity index (χ0) is 14.2. The maximum Gasteiger partial charge on any atom is 0.293 e. The fraction of sp³-hybridized carbons (Fsp3) is 0.385. The number of benzene rings is 1. The molecule has 20 heavy (non-hydrogen) atoms. The van der Waals surface area contributed by atoms with Crippen molar-refractivity contribution < 1.29 is 9.69 Å². The van der Waals surface area contributed by atoms with Gasteiger partial charge in [-0.25, -0.2) is 0 Å². The minimum atomic E-state index is -0.0379. The molecule has 0 atom stereocenters. The molecule has 1 aromatic carbocycles. The van der Waals surface area contributed by atoms with Crippen LogP contribution in [0.5, 0.6) is 0 Å². The summed E-state index contributed by atoms with van der Waals surface area (Å²) in [7, 11) is 0. The van der Waals surface area contributed by atoms with Crippen LogP contribution in [0.25, 0.3) is 0 Å². The van der Waals surface area contributed by atoms with Crippen molar-refractivity contribution in [3.05, 3.63) is 30.3 Å². The second-order valence-electron chi connectivity index (χ2n) is 4.53. The van der Waals surface area contributed by atoms with Gasteiger partial charge in [0.2, 0.25) is 0 Å². The molecule has 108 valence electrons. The monoisotopic (exact) mass is 311 g/mol. The van der Waals surface area contributed by atoms with Gasteiger partial charge in [-0.05, 0) is 24.4 Å². The summed E-state index contributed by atoms with van der Waals surface area (Å²) in [6, 6.07) is 9.59. The molecule has 1 aliphatic heterocycles. The largest absolute Gasteiger partial charge is 0.331 e. The molecule has 2 rings (SSSR count). The van der Waals surface area contributed by atoms with Crippen molar-refractivity contribution in [2.75, 3.05) is 36.5 Å². The van der Waals surface area contributed by atoms with Gasteiger partial charge in [-0.3, -0.25) is 15.6 Å². The van der Waals surface area contributed by atoms with E-state index in [1.165, 1.54) is 4.90 Å². The SMILES string of the molecule is O=C(C[NH+]1CCSCC1)NNC(=S)Nc1ccccc1. The molecule has 1 amide bonds. The second kappa shape index (κ2) is 8.08. The first-order valence-electron chi connectivity index (χ1n) is 6.56. The Kier molecular flexibility index (Phi) is 6.10. The van der Waals surface area contributed by atoms with Crippen LogP contribution in [0.1, 0.15) is 0 Å². The van der Waals surface area contributed by atoms with Crippen LogP contribution in [0.2, 0.25) is 0 Å². The molecule has 4 N–H and O–H groups in total. The Morgan fingerprint density at radius 1 is 1.20 bits per heavy atom. The zero-order valence-electron chi connectivity index (χ0n) is 11.1. The van der Waals surface area contributed by atoms with Crippen molar-refractivity contribution in [1.82, 2.24) is 10.9 Å². The third kappa shape index (κ3) is 5.36. The van der Waals surface area contributed by atoms with E-state index < -0.39 is 0 Å². The first kappa shape index (κ1) is 15.1. The third-order valence-electron chi connectivity index (χ3n) is 2.96. The number of nitrogens with one attached hydrogen (secondary N) is 4. The Balaban J connectivity index is 1.66. The van der Waals surface area contributed by atoms with Crippen molar-refractivity contribution in [2.24, 2.45) is 0 Å². The van der Waals surface area contributed by atoms with Gasteiger partial charge in [-0.15, -0.1) is 0 Å². The Morgan fingerprint density at radius 2 is 1.90 bits per heavy atom. The van der Waals surface area contributed by atoms with Crippen LogP contribution in [-0.4, -0.2) is 42.2 Å². The maximum absolute atomic E-state index is 11.8. The number of carbonyl (C=O) groups excluding carboxylic acids is 1. The summed E-state index contributed by atoms with van der Waals surface area (Å²) in [5.74, 6) is 2.22. The molecule has 1 fully saturated rings.